The number of benzene rings is 1. The Morgan fingerprint density at radius 2 is 1.62 bits per heavy atom. The van der Waals surface area contributed by atoms with E-state index >= 15 is 0 Å². The zero-order chi connectivity index (χ0) is 12.5. The van der Waals surface area contributed by atoms with E-state index < -0.39 is 5.60 Å². The van der Waals surface area contributed by atoms with Crippen molar-refractivity contribution in [2.24, 2.45) is 0 Å². The number of amides is 1. The van der Waals surface area contributed by atoms with E-state index in [1.165, 1.54) is 13.8 Å². The minimum atomic E-state index is -1.36. The number of aryl methyl sites for hydroxylation is 3. The molecule has 1 aromatic carbocycles. The summed E-state index contributed by atoms with van der Waals surface area (Å²) < 4.78 is 0. The molecule has 2 N–H and O–H groups in total. The number of carbonyl (C=O) groups excluding carboxylic acids is 1. The minimum Gasteiger partial charge on any atom is -0.381 e. The largest absolute Gasteiger partial charge is 0.381 e. The van der Waals surface area contributed by atoms with Gasteiger partial charge < -0.3 is 10.4 Å². The first-order valence-corrected chi connectivity index (χ1v) is 5.33. The fourth-order valence-corrected chi connectivity index (χ4v) is 1.64. The van der Waals surface area contributed by atoms with Crippen LogP contribution in [0.5, 0.6) is 0 Å². The second-order valence-electron chi connectivity index (χ2n) is 4.79. The highest BCUT2D eigenvalue weighted by atomic mass is 16.3. The molecule has 0 heterocycles. The molecule has 0 aliphatic carbocycles. The smallest absolute Gasteiger partial charge is 0.255 e. The van der Waals surface area contributed by atoms with Gasteiger partial charge in [0, 0.05) is 5.69 Å². The van der Waals surface area contributed by atoms with Gasteiger partial charge in [0.2, 0.25) is 0 Å². The molecule has 3 heteroatoms. The van der Waals surface area contributed by atoms with E-state index in [0.717, 1.165) is 22.4 Å². The van der Waals surface area contributed by atoms with Crippen molar-refractivity contribution >= 4 is 11.6 Å². The summed E-state index contributed by atoms with van der Waals surface area (Å²) in [6.45, 7) is 8.85. The molecule has 16 heavy (non-hydrogen) atoms. The van der Waals surface area contributed by atoms with Crippen LogP contribution >= 0.6 is 0 Å². The first kappa shape index (κ1) is 12.7. The maximum Gasteiger partial charge on any atom is 0.255 e. The Morgan fingerprint density at radius 3 is 2.00 bits per heavy atom. The maximum absolute atomic E-state index is 11.7. The highest BCUT2D eigenvalue weighted by molar-refractivity contribution is 5.97. The second-order valence-corrected chi connectivity index (χ2v) is 4.79. The molecule has 3 nitrogen and oxygen atoms in total. The Hall–Kier alpha value is -1.35. The van der Waals surface area contributed by atoms with Crippen molar-refractivity contribution in [1.29, 1.82) is 0 Å². The summed E-state index contributed by atoms with van der Waals surface area (Å²) in [4.78, 5) is 11.7. The monoisotopic (exact) mass is 221 g/mol. The Kier molecular flexibility index (Phi) is 3.38. The van der Waals surface area contributed by atoms with Gasteiger partial charge in [-0.15, -0.1) is 0 Å². The number of hydrogen-bond donors (Lipinski definition) is 2. The lowest BCUT2D eigenvalue weighted by molar-refractivity contribution is -0.130. The number of carbonyl (C=O) groups is 1. The quantitative estimate of drug-likeness (QED) is 0.805. The third-order valence-corrected chi connectivity index (χ3v) is 2.47. The maximum atomic E-state index is 11.7. The molecule has 0 bridgehead atoms. The summed E-state index contributed by atoms with van der Waals surface area (Å²) in [6.07, 6.45) is 0. The molecule has 0 saturated carbocycles. The van der Waals surface area contributed by atoms with Gasteiger partial charge in [0.25, 0.3) is 5.91 Å². The lowest BCUT2D eigenvalue weighted by Gasteiger charge is -2.19. The lowest BCUT2D eigenvalue weighted by Crippen LogP contribution is -2.37. The van der Waals surface area contributed by atoms with E-state index in [-0.39, 0.29) is 5.91 Å². The molecule has 0 fully saturated rings. The summed E-state index contributed by atoms with van der Waals surface area (Å²) in [5, 5.41) is 12.3. The van der Waals surface area contributed by atoms with Crippen molar-refractivity contribution in [2.45, 2.75) is 40.2 Å². The van der Waals surface area contributed by atoms with Crippen molar-refractivity contribution in [3.63, 3.8) is 0 Å². The fraction of sp³-hybridized carbons (Fsp3) is 0.462. The van der Waals surface area contributed by atoms with Gasteiger partial charge in [-0.1, -0.05) is 17.7 Å². The molecule has 1 amide bonds. The molecule has 0 aliphatic heterocycles. The summed E-state index contributed by atoms with van der Waals surface area (Å²) in [6, 6.07) is 4.01. The van der Waals surface area contributed by atoms with Crippen LogP contribution in [-0.4, -0.2) is 16.6 Å². The molecule has 0 saturated heterocycles. The standard InChI is InChI=1S/C13H19NO2/c1-8-6-9(2)11(10(3)7-8)14-12(15)13(4,5)16/h6-7,16H,1-5H3,(H,14,15). The predicted molar refractivity (Wildman–Crippen MR) is 65.6 cm³/mol. The lowest BCUT2D eigenvalue weighted by atomic mass is 10.0. The fourth-order valence-electron chi connectivity index (χ4n) is 1.64. The van der Waals surface area contributed by atoms with E-state index in [1.807, 2.05) is 32.9 Å². The molecule has 0 atom stereocenters. The van der Waals surface area contributed by atoms with Gasteiger partial charge in [0.1, 0.15) is 5.60 Å². The number of nitrogens with one attached hydrogen (secondary N) is 1. The van der Waals surface area contributed by atoms with Gasteiger partial charge >= 0.3 is 0 Å². The van der Waals surface area contributed by atoms with Crippen LogP contribution in [0.3, 0.4) is 0 Å². The van der Waals surface area contributed by atoms with Crippen LogP contribution in [0.1, 0.15) is 30.5 Å². The van der Waals surface area contributed by atoms with E-state index in [4.69, 9.17) is 0 Å². The Balaban J connectivity index is 3.03. The molecule has 0 aromatic heterocycles. The molecule has 0 spiro atoms. The molecule has 0 radical (unpaired) electrons. The highest BCUT2D eigenvalue weighted by Gasteiger charge is 2.24. The van der Waals surface area contributed by atoms with Crippen molar-refractivity contribution in [3.05, 3.63) is 28.8 Å². The highest BCUT2D eigenvalue weighted by Crippen LogP contribution is 2.22. The first-order valence-electron chi connectivity index (χ1n) is 5.33. The molecule has 0 unspecified atom stereocenters. The summed E-state index contributed by atoms with van der Waals surface area (Å²) in [7, 11) is 0. The van der Waals surface area contributed by atoms with Crippen LogP contribution in [0.25, 0.3) is 0 Å². The van der Waals surface area contributed by atoms with Crippen LogP contribution in [0, 0.1) is 20.8 Å². The molecule has 1 aromatic rings. The summed E-state index contributed by atoms with van der Waals surface area (Å²) in [5.74, 6) is -0.387. The zero-order valence-electron chi connectivity index (χ0n) is 10.5. The third kappa shape index (κ3) is 2.83. The Labute approximate surface area is 96.5 Å². The van der Waals surface area contributed by atoms with Crippen molar-refractivity contribution < 1.29 is 9.90 Å². The third-order valence-electron chi connectivity index (χ3n) is 2.47. The Bertz CT molecular complexity index is 393. The molecular weight excluding hydrogens is 202 g/mol. The van der Waals surface area contributed by atoms with E-state index in [9.17, 15) is 9.90 Å². The van der Waals surface area contributed by atoms with Crippen LogP contribution in [0.4, 0.5) is 5.69 Å². The Morgan fingerprint density at radius 1 is 1.19 bits per heavy atom. The van der Waals surface area contributed by atoms with Crippen LogP contribution in [-0.2, 0) is 4.79 Å². The normalized spacial score (nSPS) is 11.4. The number of rotatable bonds is 2. The van der Waals surface area contributed by atoms with Crippen LogP contribution < -0.4 is 5.32 Å². The number of aliphatic hydroxyl groups is 1. The molecule has 1 rings (SSSR count). The van der Waals surface area contributed by atoms with Gasteiger partial charge in [0.05, 0.1) is 0 Å². The first-order chi connectivity index (χ1) is 7.21. The van der Waals surface area contributed by atoms with Gasteiger partial charge in [-0.05, 0) is 45.7 Å². The van der Waals surface area contributed by atoms with E-state index in [2.05, 4.69) is 5.32 Å². The van der Waals surface area contributed by atoms with E-state index in [1.54, 1.807) is 0 Å². The van der Waals surface area contributed by atoms with Crippen molar-refractivity contribution in [1.82, 2.24) is 0 Å². The number of hydrogen-bond acceptors (Lipinski definition) is 2. The van der Waals surface area contributed by atoms with Gasteiger partial charge in [-0.2, -0.15) is 0 Å². The predicted octanol–water partition coefficient (Wildman–Crippen LogP) is 2.32. The number of anilines is 1. The van der Waals surface area contributed by atoms with Crippen LogP contribution in [0.15, 0.2) is 12.1 Å². The van der Waals surface area contributed by atoms with Gasteiger partial charge in [-0.3, -0.25) is 4.79 Å². The zero-order valence-corrected chi connectivity index (χ0v) is 10.5. The van der Waals surface area contributed by atoms with Gasteiger partial charge in [0.15, 0.2) is 0 Å². The van der Waals surface area contributed by atoms with Gasteiger partial charge in [-0.25, -0.2) is 0 Å². The average Bonchev–Trinajstić information content (AvgIpc) is 2.08. The molecule has 88 valence electrons. The topological polar surface area (TPSA) is 49.3 Å². The van der Waals surface area contributed by atoms with Crippen molar-refractivity contribution in [2.75, 3.05) is 5.32 Å². The van der Waals surface area contributed by atoms with Crippen LogP contribution in [0.2, 0.25) is 0 Å². The second kappa shape index (κ2) is 4.26. The molecule has 0 aliphatic rings. The summed E-state index contributed by atoms with van der Waals surface area (Å²) >= 11 is 0. The SMILES string of the molecule is Cc1cc(C)c(NC(=O)C(C)(C)O)c(C)c1. The summed E-state index contributed by atoms with van der Waals surface area (Å²) in [5.41, 5.74) is 2.61. The average molecular weight is 221 g/mol. The minimum absolute atomic E-state index is 0.387. The van der Waals surface area contributed by atoms with Crippen molar-refractivity contribution in [3.8, 4) is 0 Å². The molecular formula is C13H19NO2. The van der Waals surface area contributed by atoms with E-state index in [0.29, 0.717) is 0 Å².